The highest BCUT2D eigenvalue weighted by molar-refractivity contribution is 7.99. The molecule has 108 valence electrons. The molecule has 0 amide bonds. The Morgan fingerprint density at radius 3 is 3.00 bits per heavy atom. The van der Waals surface area contributed by atoms with Gasteiger partial charge in [0, 0.05) is 32.1 Å². The molecule has 0 saturated heterocycles. The topological polar surface area (TPSA) is 52.0 Å². The molecule has 20 heavy (non-hydrogen) atoms. The fourth-order valence-electron chi connectivity index (χ4n) is 1.65. The maximum Gasteiger partial charge on any atom is 0.195 e. The smallest absolute Gasteiger partial charge is 0.195 e. The summed E-state index contributed by atoms with van der Waals surface area (Å²) in [4.78, 5) is 0.965. The van der Waals surface area contributed by atoms with Crippen molar-refractivity contribution < 1.29 is 9.13 Å². The van der Waals surface area contributed by atoms with Crippen molar-refractivity contribution in [2.75, 3.05) is 20.3 Å². The van der Waals surface area contributed by atoms with Gasteiger partial charge in [0.25, 0.3) is 0 Å². The average Bonchev–Trinajstić information content (AvgIpc) is 2.83. The minimum Gasteiger partial charge on any atom is -0.383 e. The normalized spacial score (nSPS) is 10.9. The maximum atomic E-state index is 13.4. The first-order valence-electron chi connectivity index (χ1n) is 6.20. The minimum absolute atomic E-state index is 0.240. The van der Waals surface area contributed by atoms with Crippen molar-refractivity contribution in [3.63, 3.8) is 0 Å². The third kappa shape index (κ3) is 4.03. The SMILES string of the molecule is COCCNCc1cc(F)ccc1Sc1nncn1C. The van der Waals surface area contributed by atoms with Crippen molar-refractivity contribution in [3.8, 4) is 0 Å². The number of nitrogens with one attached hydrogen (secondary N) is 1. The van der Waals surface area contributed by atoms with E-state index in [2.05, 4.69) is 15.5 Å². The first-order chi connectivity index (χ1) is 9.70. The van der Waals surface area contributed by atoms with E-state index in [1.165, 1.54) is 17.8 Å². The van der Waals surface area contributed by atoms with Gasteiger partial charge >= 0.3 is 0 Å². The van der Waals surface area contributed by atoms with Gasteiger partial charge in [0.05, 0.1) is 6.61 Å². The van der Waals surface area contributed by atoms with Gasteiger partial charge in [0.1, 0.15) is 12.1 Å². The number of benzene rings is 1. The lowest BCUT2D eigenvalue weighted by Gasteiger charge is -2.10. The maximum absolute atomic E-state index is 13.4. The van der Waals surface area contributed by atoms with Crippen molar-refractivity contribution in [1.82, 2.24) is 20.1 Å². The van der Waals surface area contributed by atoms with Crippen molar-refractivity contribution in [3.05, 3.63) is 35.9 Å². The summed E-state index contributed by atoms with van der Waals surface area (Å²) in [5, 5.41) is 11.9. The van der Waals surface area contributed by atoms with Gasteiger partial charge in [-0.3, -0.25) is 0 Å². The van der Waals surface area contributed by atoms with Crippen LogP contribution in [0.15, 0.2) is 34.6 Å². The summed E-state index contributed by atoms with van der Waals surface area (Å²) in [6.07, 6.45) is 1.64. The number of hydrogen-bond donors (Lipinski definition) is 1. The van der Waals surface area contributed by atoms with E-state index in [1.54, 1.807) is 25.6 Å². The predicted octanol–water partition coefficient (Wildman–Crippen LogP) is 1.84. The van der Waals surface area contributed by atoms with Crippen LogP contribution in [0.3, 0.4) is 0 Å². The summed E-state index contributed by atoms with van der Waals surface area (Å²) < 4.78 is 20.2. The Bertz CT molecular complexity index is 561. The molecule has 0 unspecified atom stereocenters. The lowest BCUT2D eigenvalue weighted by Crippen LogP contribution is -2.19. The second-order valence-corrected chi connectivity index (χ2v) is 5.26. The number of rotatable bonds is 7. The molecule has 5 nitrogen and oxygen atoms in total. The average molecular weight is 296 g/mol. The quantitative estimate of drug-likeness (QED) is 0.790. The van der Waals surface area contributed by atoms with E-state index in [-0.39, 0.29) is 5.82 Å². The molecule has 0 aliphatic heterocycles. The van der Waals surface area contributed by atoms with Crippen LogP contribution in [0.5, 0.6) is 0 Å². The molecular weight excluding hydrogens is 279 g/mol. The summed E-state index contributed by atoms with van der Waals surface area (Å²) in [6.45, 7) is 1.93. The van der Waals surface area contributed by atoms with Crippen LogP contribution >= 0.6 is 11.8 Å². The molecule has 0 aliphatic carbocycles. The number of nitrogens with zero attached hydrogens (tertiary/aromatic N) is 3. The molecule has 1 heterocycles. The van der Waals surface area contributed by atoms with Crippen LogP contribution in [0.1, 0.15) is 5.56 Å². The van der Waals surface area contributed by atoms with Crippen LogP contribution in [0.2, 0.25) is 0 Å². The van der Waals surface area contributed by atoms with Gasteiger partial charge in [-0.15, -0.1) is 10.2 Å². The predicted molar refractivity (Wildman–Crippen MR) is 75.1 cm³/mol. The molecule has 1 aromatic carbocycles. The van der Waals surface area contributed by atoms with E-state index >= 15 is 0 Å². The van der Waals surface area contributed by atoms with Gasteiger partial charge < -0.3 is 14.6 Å². The van der Waals surface area contributed by atoms with E-state index in [0.717, 1.165) is 22.2 Å². The highest BCUT2D eigenvalue weighted by Crippen LogP contribution is 2.29. The molecule has 0 fully saturated rings. The van der Waals surface area contributed by atoms with Gasteiger partial charge in [-0.2, -0.15) is 0 Å². The standard InChI is InChI=1S/C13H17FN4OS/c1-18-9-16-17-13(18)20-12-4-3-11(14)7-10(12)8-15-5-6-19-2/h3-4,7,9,15H,5-6,8H2,1-2H3. The lowest BCUT2D eigenvalue weighted by molar-refractivity contribution is 0.199. The minimum atomic E-state index is -0.240. The Hall–Kier alpha value is -1.44. The van der Waals surface area contributed by atoms with Crippen LogP contribution in [0.4, 0.5) is 4.39 Å². The molecule has 7 heteroatoms. The third-order valence-corrected chi connectivity index (χ3v) is 3.86. The number of aromatic nitrogens is 3. The molecule has 0 bridgehead atoms. The summed E-state index contributed by atoms with van der Waals surface area (Å²) >= 11 is 1.47. The largest absolute Gasteiger partial charge is 0.383 e. The van der Waals surface area contributed by atoms with Gasteiger partial charge in [0.15, 0.2) is 5.16 Å². The number of hydrogen-bond acceptors (Lipinski definition) is 5. The molecule has 0 radical (unpaired) electrons. The second kappa shape index (κ2) is 7.37. The van der Waals surface area contributed by atoms with E-state index < -0.39 is 0 Å². The van der Waals surface area contributed by atoms with Crippen molar-refractivity contribution in [2.24, 2.45) is 7.05 Å². The van der Waals surface area contributed by atoms with E-state index in [1.807, 2.05) is 11.6 Å². The summed E-state index contributed by atoms with van der Waals surface area (Å²) in [7, 11) is 3.53. The molecule has 2 rings (SSSR count). The molecule has 0 aliphatic rings. The van der Waals surface area contributed by atoms with Crippen LogP contribution in [0.25, 0.3) is 0 Å². The summed E-state index contributed by atoms with van der Waals surface area (Å²) in [5.74, 6) is -0.240. The molecule has 0 spiro atoms. The highest BCUT2D eigenvalue weighted by atomic mass is 32.2. The van der Waals surface area contributed by atoms with Crippen molar-refractivity contribution in [2.45, 2.75) is 16.6 Å². The summed E-state index contributed by atoms with van der Waals surface area (Å²) in [5.41, 5.74) is 0.897. The lowest BCUT2D eigenvalue weighted by atomic mass is 10.2. The number of halogens is 1. The van der Waals surface area contributed by atoms with Crippen LogP contribution in [0, 0.1) is 5.82 Å². The fourth-order valence-corrected chi connectivity index (χ4v) is 2.52. The van der Waals surface area contributed by atoms with Crippen LogP contribution in [-0.2, 0) is 18.3 Å². The zero-order valence-electron chi connectivity index (χ0n) is 11.5. The Kier molecular flexibility index (Phi) is 5.51. The van der Waals surface area contributed by atoms with E-state index in [0.29, 0.717) is 13.2 Å². The number of ether oxygens (including phenoxy) is 1. The molecule has 2 aromatic rings. The molecule has 1 N–H and O–H groups in total. The molecule has 0 saturated carbocycles. The zero-order chi connectivity index (χ0) is 14.4. The monoisotopic (exact) mass is 296 g/mol. The highest BCUT2D eigenvalue weighted by Gasteiger charge is 2.09. The van der Waals surface area contributed by atoms with Gasteiger partial charge in [0.2, 0.25) is 0 Å². The number of aryl methyl sites for hydroxylation is 1. The Morgan fingerprint density at radius 1 is 1.45 bits per heavy atom. The van der Waals surface area contributed by atoms with E-state index in [4.69, 9.17) is 4.74 Å². The van der Waals surface area contributed by atoms with E-state index in [9.17, 15) is 4.39 Å². The third-order valence-electron chi connectivity index (χ3n) is 2.69. The molecule has 0 atom stereocenters. The van der Waals surface area contributed by atoms with Gasteiger partial charge in [-0.05, 0) is 35.5 Å². The number of methoxy groups -OCH3 is 1. The van der Waals surface area contributed by atoms with Crippen LogP contribution < -0.4 is 5.32 Å². The van der Waals surface area contributed by atoms with Crippen molar-refractivity contribution in [1.29, 1.82) is 0 Å². The Labute approximate surface area is 121 Å². The van der Waals surface area contributed by atoms with Gasteiger partial charge in [-0.1, -0.05) is 0 Å². The first kappa shape index (κ1) is 15.0. The second-order valence-electron chi connectivity index (χ2n) is 4.25. The van der Waals surface area contributed by atoms with Crippen LogP contribution in [-0.4, -0.2) is 35.0 Å². The van der Waals surface area contributed by atoms with Gasteiger partial charge in [-0.25, -0.2) is 4.39 Å². The Morgan fingerprint density at radius 2 is 2.30 bits per heavy atom. The summed E-state index contributed by atoms with van der Waals surface area (Å²) in [6, 6.07) is 4.76. The van der Waals surface area contributed by atoms with Crippen molar-refractivity contribution >= 4 is 11.8 Å². The zero-order valence-corrected chi connectivity index (χ0v) is 12.3. The Balaban J connectivity index is 2.09. The molecule has 1 aromatic heterocycles. The molecular formula is C13H17FN4OS. The first-order valence-corrected chi connectivity index (χ1v) is 7.02. The fraction of sp³-hybridized carbons (Fsp3) is 0.385.